The molecule has 1 unspecified atom stereocenters. The average Bonchev–Trinajstić information content (AvgIpc) is 3.13. The molecule has 0 bridgehead atoms. The normalized spacial score (nSPS) is 11.7. The fourth-order valence-corrected chi connectivity index (χ4v) is 3.03. The summed E-state index contributed by atoms with van der Waals surface area (Å²) in [5.74, 6) is -0.779. The number of benzene rings is 1. The summed E-state index contributed by atoms with van der Waals surface area (Å²) in [4.78, 5) is 26.8. The van der Waals surface area contributed by atoms with Gasteiger partial charge in [0.2, 0.25) is 0 Å². The Morgan fingerprint density at radius 1 is 1.24 bits per heavy atom. The fraction of sp³-hybridized carbons (Fsp3) is 0.333. The van der Waals surface area contributed by atoms with Crippen molar-refractivity contribution in [1.29, 1.82) is 0 Å². The second-order valence-electron chi connectivity index (χ2n) is 5.75. The van der Waals surface area contributed by atoms with Crippen LogP contribution in [0.25, 0.3) is 0 Å². The molecule has 2 aromatic rings. The van der Waals surface area contributed by atoms with Crippen molar-refractivity contribution in [2.24, 2.45) is 0 Å². The van der Waals surface area contributed by atoms with Gasteiger partial charge in [0.1, 0.15) is 5.82 Å². The van der Waals surface area contributed by atoms with Gasteiger partial charge in [0.05, 0.1) is 6.04 Å². The number of rotatable bonds is 6. The number of hydrogen-bond donors (Lipinski definition) is 2. The second-order valence-corrected chi connectivity index (χ2v) is 6.73. The number of halogens is 1. The molecule has 0 fully saturated rings. The van der Waals surface area contributed by atoms with Crippen LogP contribution < -0.4 is 10.6 Å². The number of thiophene rings is 1. The van der Waals surface area contributed by atoms with Crippen molar-refractivity contribution in [1.82, 2.24) is 15.5 Å². The number of amides is 3. The van der Waals surface area contributed by atoms with Crippen molar-refractivity contribution in [2.75, 3.05) is 20.1 Å². The first kappa shape index (κ1) is 18.9. The Hall–Kier alpha value is -2.41. The van der Waals surface area contributed by atoms with Crippen LogP contribution in [0.1, 0.15) is 33.8 Å². The van der Waals surface area contributed by atoms with Gasteiger partial charge in [-0.2, -0.15) is 0 Å². The number of urea groups is 1. The van der Waals surface area contributed by atoms with Gasteiger partial charge in [0, 0.05) is 30.6 Å². The van der Waals surface area contributed by atoms with E-state index in [0.29, 0.717) is 12.1 Å². The van der Waals surface area contributed by atoms with Crippen LogP contribution in [0.2, 0.25) is 0 Å². The summed E-state index contributed by atoms with van der Waals surface area (Å²) in [6.45, 7) is 4.15. The van der Waals surface area contributed by atoms with Crippen molar-refractivity contribution < 1.29 is 14.0 Å². The van der Waals surface area contributed by atoms with E-state index in [4.69, 9.17) is 0 Å². The first-order valence-corrected chi connectivity index (χ1v) is 8.86. The Kier molecular flexibility index (Phi) is 6.52. The van der Waals surface area contributed by atoms with Gasteiger partial charge in [-0.05, 0) is 43.0 Å². The highest BCUT2D eigenvalue weighted by atomic mass is 32.1. The van der Waals surface area contributed by atoms with E-state index in [2.05, 4.69) is 10.6 Å². The van der Waals surface area contributed by atoms with E-state index < -0.39 is 5.82 Å². The molecular weight excluding hydrogens is 341 g/mol. The van der Waals surface area contributed by atoms with Gasteiger partial charge in [-0.3, -0.25) is 4.79 Å². The van der Waals surface area contributed by atoms with Crippen LogP contribution >= 0.6 is 11.3 Å². The van der Waals surface area contributed by atoms with Crippen LogP contribution in [0, 0.1) is 12.7 Å². The zero-order valence-electron chi connectivity index (χ0n) is 14.5. The van der Waals surface area contributed by atoms with Gasteiger partial charge in [-0.15, -0.1) is 11.3 Å². The van der Waals surface area contributed by atoms with Gasteiger partial charge in [0.25, 0.3) is 5.91 Å². The first-order chi connectivity index (χ1) is 11.9. The zero-order valence-corrected chi connectivity index (χ0v) is 15.3. The summed E-state index contributed by atoms with van der Waals surface area (Å²) < 4.78 is 13.5. The number of nitrogens with zero attached hydrogens (tertiary/aromatic N) is 1. The molecule has 0 aliphatic rings. The molecule has 0 aliphatic carbocycles. The Labute approximate surface area is 150 Å². The van der Waals surface area contributed by atoms with Crippen molar-refractivity contribution in [3.63, 3.8) is 0 Å². The average molecular weight is 363 g/mol. The van der Waals surface area contributed by atoms with Crippen LogP contribution in [-0.2, 0) is 0 Å². The Morgan fingerprint density at radius 2 is 1.96 bits per heavy atom. The summed E-state index contributed by atoms with van der Waals surface area (Å²) in [5.41, 5.74) is 0.754. The van der Waals surface area contributed by atoms with Crippen LogP contribution in [-0.4, -0.2) is 37.0 Å². The fourth-order valence-electron chi connectivity index (χ4n) is 2.20. The topological polar surface area (TPSA) is 61.4 Å². The molecule has 3 amide bonds. The van der Waals surface area contributed by atoms with E-state index in [-0.39, 0.29) is 30.1 Å². The second kappa shape index (κ2) is 8.62. The molecule has 0 spiro atoms. The SMILES string of the molecule is Cc1ccc(C(=O)NCCNC(=O)N(C)C(C)c2cccs2)cc1F. The zero-order chi connectivity index (χ0) is 18.4. The van der Waals surface area contributed by atoms with E-state index in [9.17, 15) is 14.0 Å². The molecule has 25 heavy (non-hydrogen) atoms. The summed E-state index contributed by atoms with van der Waals surface area (Å²) in [6.07, 6.45) is 0. The molecule has 0 aliphatic heterocycles. The van der Waals surface area contributed by atoms with Crippen molar-refractivity contribution in [3.8, 4) is 0 Å². The summed E-state index contributed by atoms with van der Waals surface area (Å²) in [7, 11) is 1.73. The third kappa shape index (κ3) is 5.03. The molecule has 1 aromatic carbocycles. The quantitative estimate of drug-likeness (QED) is 0.774. The highest BCUT2D eigenvalue weighted by Gasteiger charge is 2.17. The Bertz CT molecular complexity index is 734. The third-order valence-electron chi connectivity index (χ3n) is 3.98. The highest BCUT2D eigenvalue weighted by Crippen LogP contribution is 2.23. The largest absolute Gasteiger partial charge is 0.350 e. The smallest absolute Gasteiger partial charge is 0.317 e. The van der Waals surface area contributed by atoms with Gasteiger partial charge >= 0.3 is 6.03 Å². The van der Waals surface area contributed by atoms with Gasteiger partial charge in [0.15, 0.2) is 0 Å². The van der Waals surface area contributed by atoms with Crippen LogP contribution in [0.3, 0.4) is 0 Å². The predicted molar refractivity (Wildman–Crippen MR) is 97.4 cm³/mol. The van der Waals surface area contributed by atoms with Crippen molar-refractivity contribution in [2.45, 2.75) is 19.9 Å². The number of nitrogens with one attached hydrogen (secondary N) is 2. The van der Waals surface area contributed by atoms with E-state index in [1.54, 1.807) is 42.3 Å². The predicted octanol–water partition coefficient (Wildman–Crippen LogP) is 3.33. The lowest BCUT2D eigenvalue weighted by molar-refractivity contribution is 0.0953. The van der Waals surface area contributed by atoms with Gasteiger partial charge in [-0.25, -0.2) is 9.18 Å². The molecule has 5 nitrogen and oxygen atoms in total. The minimum absolute atomic E-state index is 0.0230. The van der Waals surface area contributed by atoms with Crippen LogP contribution in [0.5, 0.6) is 0 Å². The lowest BCUT2D eigenvalue weighted by Gasteiger charge is -2.24. The summed E-state index contributed by atoms with van der Waals surface area (Å²) >= 11 is 1.60. The molecule has 134 valence electrons. The maximum absolute atomic E-state index is 13.5. The molecule has 2 N–H and O–H groups in total. The van der Waals surface area contributed by atoms with Gasteiger partial charge in [-0.1, -0.05) is 12.1 Å². The monoisotopic (exact) mass is 363 g/mol. The lowest BCUT2D eigenvalue weighted by atomic mass is 10.1. The standard InChI is InChI=1S/C18H22FN3O2S/c1-12-6-7-14(11-15(12)19)17(23)20-8-9-21-18(24)22(3)13(2)16-5-4-10-25-16/h4-7,10-11,13H,8-9H2,1-3H3,(H,20,23)(H,21,24). The minimum atomic E-state index is -0.412. The Morgan fingerprint density at radius 3 is 2.60 bits per heavy atom. The Balaban J connectivity index is 1.75. The molecule has 2 rings (SSSR count). The molecule has 1 aromatic heterocycles. The third-order valence-corrected chi connectivity index (χ3v) is 5.02. The van der Waals surface area contributed by atoms with E-state index >= 15 is 0 Å². The molecule has 0 saturated heterocycles. The highest BCUT2D eigenvalue weighted by molar-refractivity contribution is 7.10. The molecule has 1 heterocycles. The minimum Gasteiger partial charge on any atom is -0.350 e. The summed E-state index contributed by atoms with van der Waals surface area (Å²) in [6, 6.07) is 8.04. The number of carbonyl (C=O) groups is 2. The summed E-state index contributed by atoms with van der Waals surface area (Å²) in [5, 5.41) is 7.39. The molecule has 0 radical (unpaired) electrons. The maximum Gasteiger partial charge on any atom is 0.317 e. The molecule has 0 saturated carbocycles. The van der Waals surface area contributed by atoms with Crippen LogP contribution in [0.4, 0.5) is 9.18 Å². The van der Waals surface area contributed by atoms with Gasteiger partial charge < -0.3 is 15.5 Å². The number of hydrogen-bond acceptors (Lipinski definition) is 3. The maximum atomic E-state index is 13.5. The number of aryl methyl sites for hydroxylation is 1. The molecule has 1 atom stereocenters. The lowest BCUT2D eigenvalue weighted by Crippen LogP contribution is -2.42. The van der Waals surface area contributed by atoms with E-state index in [1.165, 1.54) is 6.07 Å². The molecule has 7 heteroatoms. The van der Waals surface area contributed by atoms with Crippen molar-refractivity contribution in [3.05, 3.63) is 57.5 Å². The van der Waals surface area contributed by atoms with E-state index in [1.807, 2.05) is 24.4 Å². The van der Waals surface area contributed by atoms with E-state index in [0.717, 1.165) is 4.88 Å². The van der Waals surface area contributed by atoms with Crippen LogP contribution in [0.15, 0.2) is 35.7 Å². The van der Waals surface area contributed by atoms with Crippen molar-refractivity contribution >= 4 is 23.3 Å². The number of carbonyl (C=O) groups excluding carboxylic acids is 2. The first-order valence-electron chi connectivity index (χ1n) is 7.98. The molecular formula is C18H22FN3O2S.